The van der Waals surface area contributed by atoms with Crippen LogP contribution in [0.25, 0.3) is 0 Å². The van der Waals surface area contributed by atoms with E-state index in [1.165, 1.54) is 0 Å². The molecule has 1 aliphatic rings. The lowest BCUT2D eigenvalue weighted by atomic mass is 10.1. The van der Waals surface area contributed by atoms with Gasteiger partial charge in [0.15, 0.2) is 0 Å². The second kappa shape index (κ2) is 9.76. The molecule has 0 N–H and O–H groups in total. The fraction of sp³-hybridized carbons (Fsp3) is 0.417. The molecule has 0 aliphatic carbocycles. The van der Waals surface area contributed by atoms with E-state index < -0.39 is 5.60 Å². The molecule has 0 spiro atoms. The van der Waals surface area contributed by atoms with Gasteiger partial charge in [0.2, 0.25) is 0 Å². The van der Waals surface area contributed by atoms with E-state index in [-0.39, 0.29) is 12.1 Å². The highest BCUT2D eigenvalue weighted by molar-refractivity contribution is 5.89. The quantitative estimate of drug-likeness (QED) is 0.695. The zero-order valence-corrected chi connectivity index (χ0v) is 18.0. The average molecular weight is 411 g/mol. The predicted octanol–water partition coefficient (Wildman–Crippen LogP) is 4.10. The van der Waals surface area contributed by atoms with Crippen molar-refractivity contribution in [2.75, 3.05) is 26.2 Å². The molecule has 1 amide bonds. The summed E-state index contributed by atoms with van der Waals surface area (Å²) in [6, 6.07) is 17.2. The number of ether oxygens (including phenoxy) is 2. The molecule has 0 saturated carbocycles. The van der Waals surface area contributed by atoms with Gasteiger partial charge in [0.1, 0.15) is 12.2 Å². The maximum Gasteiger partial charge on any atom is 0.410 e. The van der Waals surface area contributed by atoms with E-state index in [9.17, 15) is 9.59 Å². The number of esters is 1. The Balaban J connectivity index is 1.43. The van der Waals surface area contributed by atoms with E-state index in [2.05, 4.69) is 4.90 Å². The van der Waals surface area contributed by atoms with Crippen LogP contribution in [0, 0.1) is 0 Å². The minimum Gasteiger partial charge on any atom is -0.456 e. The molecule has 0 atom stereocenters. The van der Waals surface area contributed by atoms with Crippen LogP contribution in [0.5, 0.6) is 0 Å². The third-order valence-electron chi connectivity index (χ3n) is 4.83. The van der Waals surface area contributed by atoms with Gasteiger partial charge in [-0.15, -0.1) is 0 Å². The van der Waals surface area contributed by atoms with Crippen LogP contribution in [0.2, 0.25) is 0 Å². The summed E-state index contributed by atoms with van der Waals surface area (Å²) in [5, 5.41) is 0. The Hall–Kier alpha value is -2.86. The third-order valence-corrected chi connectivity index (χ3v) is 4.83. The molecule has 2 aromatic carbocycles. The first-order chi connectivity index (χ1) is 14.3. The third kappa shape index (κ3) is 6.59. The van der Waals surface area contributed by atoms with Gasteiger partial charge in [-0.2, -0.15) is 0 Å². The van der Waals surface area contributed by atoms with Crippen molar-refractivity contribution in [1.82, 2.24) is 9.80 Å². The first-order valence-corrected chi connectivity index (χ1v) is 10.3. The topological polar surface area (TPSA) is 59.1 Å². The molecule has 0 bridgehead atoms. The molecular weight excluding hydrogens is 380 g/mol. The van der Waals surface area contributed by atoms with Crippen molar-refractivity contribution < 1.29 is 19.1 Å². The first-order valence-electron chi connectivity index (χ1n) is 10.3. The van der Waals surface area contributed by atoms with Crippen LogP contribution in [-0.4, -0.2) is 53.6 Å². The Labute approximate surface area is 178 Å². The molecule has 1 aliphatic heterocycles. The second-order valence-corrected chi connectivity index (χ2v) is 8.50. The van der Waals surface area contributed by atoms with E-state index in [1.807, 2.05) is 63.2 Å². The normalized spacial score (nSPS) is 15.0. The summed E-state index contributed by atoms with van der Waals surface area (Å²) in [4.78, 5) is 28.5. The van der Waals surface area contributed by atoms with Crippen molar-refractivity contribution >= 4 is 12.1 Å². The lowest BCUT2D eigenvalue weighted by Crippen LogP contribution is -2.48. The summed E-state index contributed by atoms with van der Waals surface area (Å²) >= 11 is 0. The lowest BCUT2D eigenvalue weighted by molar-refractivity contribution is 0.00694. The van der Waals surface area contributed by atoms with Gasteiger partial charge in [-0.3, -0.25) is 4.90 Å². The molecule has 1 saturated heterocycles. The van der Waals surface area contributed by atoms with Gasteiger partial charge in [-0.05, 0) is 44.0 Å². The van der Waals surface area contributed by atoms with Gasteiger partial charge in [0.25, 0.3) is 0 Å². The Bertz CT molecular complexity index is 836. The zero-order chi connectivity index (χ0) is 21.6. The van der Waals surface area contributed by atoms with Crippen LogP contribution < -0.4 is 0 Å². The van der Waals surface area contributed by atoms with Crippen molar-refractivity contribution in [2.45, 2.75) is 39.5 Å². The van der Waals surface area contributed by atoms with Crippen molar-refractivity contribution in [1.29, 1.82) is 0 Å². The van der Waals surface area contributed by atoms with Gasteiger partial charge >= 0.3 is 12.1 Å². The fourth-order valence-electron chi connectivity index (χ4n) is 3.24. The number of rotatable bonds is 5. The first kappa shape index (κ1) is 21.8. The van der Waals surface area contributed by atoms with Crippen molar-refractivity contribution in [3.05, 3.63) is 71.3 Å². The molecular formula is C24H30N2O4. The number of piperazine rings is 1. The highest BCUT2D eigenvalue weighted by Gasteiger charge is 2.22. The smallest absolute Gasteiger partial charge is 0.410 e. The highest BCUT2D eigenvalue weighted by atomic mass is 16.6. The van der Waals surface area contributed by atoms with E-state index >= 15 is 0 Å². The predicted molar refractivity (Wildman–Crippen MR) is 115 cm³/mol. The Morgan fingerprint density at radius 1 is 0.867 bits per heavy atom. The number of carbonyl (C=O) groups excluding carboxylic acids is 2. The van der Waals surface area contributed by atoms with Gasteiger partial charge < -0.3 is 14.4 Å². The number of hydrogen-bond acceptors (Lipinski definition) is 5. The molecule has 0 unspecified atom stereocenters. The fourth-order valence-corrected chi connectivity index (χ4v) is 3.24. The molecule has 0 radical (unpaired) electrons. The zero-order valence-electron chi connectivity index (χ0n) is 18.0. The molecule has 0 aromatic heterocycles. The van der Waals surface area contributed by atoms with Crippen LogP contribution in [0.1, 0.15) is 42.3 Å². The summed E-state index contributed by atoms with van der Waals surface area (Å²) in [7, 11) is 0. The molecule has 3 rings (SSSR count). The monoisotopic (exact) mass is 410 g/mol. The Morgan fingerprint density at radius 2 is 1.50 bits per heavy atom. The van der Waals surface area contributed by atoms with E-state index in [1.54, 1.807) is 17.0 Å². The van der Waals surface area contributed by atoms with Gasteiger partial charge in [0, 0.05) is 32.7 Å². The van der Waals surface area contributed by atoms with Gasteiger partial charge in [-0.1, -0.05) is 42.5 Å². The number of amides is 1. The maximum atomic E-state index is 12.3. The molecule has 30 heavy (non-hydrogen) atoms. The number of hydrogen-bond donors (Lipinski definition) is 0. The number of nitrogens with zero attached hydrogens (tertiary/aromatic N) is 2. The summed E-state index contributed by atoms with van der Waals surface area (Å²) in [6.07, 6.45) is -0.264. The second-order valence-electron chi connectivity index (χ2n) is 8.50. The Morgan fingerprint density at radius 3 is 2.10 bits per heavy atom. The standard InChI is InChI=1S/C24H30N2O4/c1-24(2,3)30-22(27)21-11-9-19(10-12-21)17-25-13-15-26(16-14-25)23(28)29-18-20-7-5-4-6-8-20/h4-12H,13-18H2,1-3H3. The summed E-state index contributed by atoms with van der Waals surface area (Å²) in [5.41, 5.74) is 2.17. The summed E-state index contributed by atoms with van der Waals surface area (Å²) in [5.74, 6) is -0.309. The van der Waals surface area contributed by atoms with E-state index in [0.717, 1.165) is 30.8 Å². The van der Waals surface area contributed by atoms with Crippen molar-refractivity contribution in [3.8, 4) is 0 Å². The maximum absolute atomic E-state index is 12.3. The van der Waals surface area contributed by atoms with E-state index in [0.29, 0.717) is 25.3 Å². The van der Waals surface area contributed by atoms with Crippen LogP contribution in [0.15, 0.2) is 54.6 Å². The molecule has 2 aromatic rings. The minimum absolute atomic E-state index is 0.264. The van der Waals surface area contributed by atoms with Crippen LogP contribution >= 0.6 is 0 Å². The van der Waals surface area contributed by atoms with E-state index in [4.69, 9.17) is 9.47 Å². The van der Waals surface area contributed by atoms with Gasteiger partial charge in [0.05, 0.1) is 5.56 Å². The molecule has 6 nitrogen and oxygen atoms in total. The molecule has 160 valence electrons. The SMILES string of the molecule is CC(C)(C)OC(=O)c1ccc(CN2CCN(C(=O)OCc3ccccc3)CC2)cc1. The number of carbonyl (C=O) groups is 2. The Kier molecular flexibility index (Phi) is 7.11. The molecule has 1 heterocycles. The average Bonchev–Trinajstić information content (AvgIpc) is 2.72. The molecule has 1 fully saturated rings. The van der Waals surface area contributed by atoms with Crippen LogP contribution in [-0.2, 0) is 22.6 Å². The largest absolute Gasteiger partial charge is 0.456 e. The lowest BCUT2D eigenvalue weighted by Gasteiger charge is -2.34. The van der Waals surface area contributed by atoms with Crippen LogP contribution in [0.3, 0.4) is 0 Å². The summed E-state index contributed by atoms with van der Waals surface area (Å²) < 4.78 is 10.8. The summed E-state index contributed by atoms with van der Waals surface area (Å²) in [6.45, 7) is 9.50. The van der Waals surface area contributed by atoms with Crippen molar-refractivity contribution in [2.24, 2.45) is 0 Å². The van der Waals surface area contributed by atoms with Crippen LogP contribution in [0.4, 0.5) is 4.79 Å². The minimum atomic E-state index is -0.502. The number of benzene rings is 2. The van der Waals surface area contributed by atoms with Crippen molar-refractivity contribution in [3.63, 3.8) is 0 Å². The molecule has 6 heteroatoms. The highest BCUT2D eigenvalue weighted by Crippen LogP contribution is 2.15. The van der Waals surface area contributed by atoms with Gasteiger partial charge in [-0.25, -0.2) is 9.59 Å².